The van der Waals surface area contributed by atoms with Gasteiger partial charge in [0, 0.05) is 17.6 Å². The van der Waals surface area contributed by atoms with Crippen LogP contribution in [0.15, 0.2) is 22.7 Å². The fraction of sp³-hybridized carbons (Fsp3) is 0.500. The standard InChI is InChI=1S/C14H17BrFNO3/c15-10-1-2-13(16)12(9-10)14(19)17-5-3-11(4-6-17)20-8-7-18/h1-2,9,11,18H,3-8H2. The Hall–Kier alpha value is -0.980. The van der Waals surface area contributed by atoms with E-state index in [2.05, 4.69) is 15.9 Å². The zero-order valence-corrected chi connectivity index (χ0v) is 12.6. The zero-order chi connectivity index (χ0) is 14.5. The van der Waals surface area contributed by atoms with Gasteiger partial charge in [-0.25, -0.2) is 4.39 Å². The van der Waals surface area contributed by atoms with Gasteiger partial charge in [-0.1, -0.05) is 15.9 Å². The number of nitrogens with zero attached hydrogens (tertiary/aromatic N) is 1. The smallest absolute Gasteiger partial charge is 0.256 e. The van der Waals surface area contributed by atoms with Gasteiger partial charge in [0.15, 0.2) is 0 Å². The number of amides is 1. The molecule has 0 spiro atoms. The molecule has 110 valence electrons. The lowest BCUT2D eigenvalue weighted by Crippen LogP contribution is -2.41. The van der Waals surface area contributed by atoms with E-state index in [4.69, 9.17) is 9.84 Å². The second kappa shape index (κ2) is 7.15. The number of halogens is 2. The summed E-state index contributed by atoms with van der Waals surface area (Å²) in [5.41, 5.74) is 0.0918. The molecular weight excluding hydrogens is 329 g/mol. The van der Waals surface area contributed by atoms with Crippen LogP contribution in [-0.2, 0) is 4.74 Å². The number of aliphatic hydroxyl groups is 1. The van der Waals surface area contributed by atoms with Crippen molar-refractivity contribution in [3.8, 4) is 0 Å². The first kappa shape index (κ1) is 15.4. The van der Waals surface area contributed by atoms with Crippen molar-refractivity contribution in [2.24, 2.45) is 0 Å². The van der Waals surface area contributed by atoms with Crippen LogP contribution in [-0.4, -0.2) is 48.3 Å². The molecule has 1 fully saturated rings. The number of benzene rings is 1. The number of likely N-dealkylation sites (tertiary alicyclic amines) is 1. The van der Waals surface area contributed by atoms with Gasteiger partial charge in [0.05, 0.1) is 24.9 Å². The van der Waals surface area contributed by atoms with Crippen LogP contribution < -0.4 is 0 Å². The quantitative estimate of drug-likeness (QED) is 0.910. The van der Waals surface area contributed by atoms with Crippen molar-refractivity contribution < 1.29 is 19.0 Å². The molecule has 0 radical (unpaired) electrons. The molecule has 4 nitrogen and oxygen atoms in total. The molecule has 2 rings (SSSR count). The highest BCUT2D eigenvalue weighted by Crippen LogP contribution is 2.20. The van der Waals surface area contributed by atoms with Crippen LogP contribution >= 0.6 is 15.9 Å². The van der Waals surface area contributed by atoms with E-state index >= 15 is 0 Å². The number of aliphatic hydroxyl groups excluding tert-OH is 1. The van der Waals surface area contributed by atoms with Crippen molar-refractivity contribution in [3.05, 3.63) is 34.1 Å². The molecule has 6 heteroatoms. The third-order valence-corrected chi connectivity index (χ3v) is 3.83. The second-order valence-electron chi connectivity index (χ2n) is 4.71. The van der Waals surface area contributed by atoms with Gasteiger partial charge in [-0.05, 0) is 31.0 Å². The summed E-state index contributed by atoms with van der Waals surface area (Å²) in [6.07, 6.45) is 1.49. The summed E-state index contributed by atoms with van der Waals surface area (Å²) < 4.78 is 19.8. The molecule has 1 saturated heterocycles. The van der Waals surface area contributed by atoms with E-state index in [9.17, 15) is 9.18 Å². The van der Waals surface area contributed by atoms with Crippen LogP contribution in [0.3, 0.4) is 0 Å². The van der Waals surface area contributed by atoms with Crippen molar-refractivity contribution in [2.75, 3.05) is 26.3 Å². The highest BCUT2D eigenvalue weighted by molar-refractivity contribution is 9.10. The third kappa shape index (κ3) is 3.77. The largest absolute Gasteiger partial charge is 0.394 e. The Morgan fingerprint density at radius 1 is 1.45 bits per heavy atom. The fourth-order valence-electron chi connectivity index (χ4n) is 2.28. The Kier molecular flexibility index (Phi) is 5.51. The topological polar surface area (TPSA) is 49.8 Å². The van der Waals surface area contributed by atoms with E-state index in [0.717, 1.165) is 0 Å². The number of rotatable bonds is 4. The maximum Gasteiger partial charge on any atom is 0.256 e. The number of hydrogen-bond acceptors (Lipinski definition) is 3. The minimum atomic E-state index is -0.503. The van der Waals surface area contributed by atoms with Crippen LogP contribution in [0.4, 0.5) is 4.39 Å². The maximum atomic E-state index is 13.7. The summed E-state index contributed by atoms with van der Waals surface area (Å²) in [5.74, 6) is -0.790. The van der Waals surface area contributed by atoms with Gasteiger partial charge >= 0.3 is 0 Å². The van der Waals surface area contributed by atoms with Gasteiger partial charge in [0.1, 0.15) is 5.82 Å². The van der Waals surface area contributed by atoms with E-state index in [0.29, 0.717) is 37.0 Å². The molecule has 1 aliphatic heterocycles. The van der Waals surface area contributed by atoms with Crippen molar-refractivity contribution >= 4 is 21.8 Å². The van der Waals surface area contributed by atoms with Gasteiger partial charge in [0.2, 0.25) is 0 Å². The lowest BCUT2D eigenvalue weighted by molar-refractivity contribution is -0.00561. The molecule has 0 aliphatic carbocycles. The van der Waals surface area contributed by atoms with Crippen molar-refractivity contribution in [1.82, 2.24) is 4.90 Å². The predicted octanol–water partition coefficient (Wildman–Crippen LogP) is 2.20. The van der Waals surface area contributed by atoms with Gasteiger partial charge < -0.3 is 14.7 Å². The van der Waals surface area contributed by atoms with E-state index in [-0.39, 0.29) is 24.2 Å². The molecule has 20 heavy (non-hydrogen) atoms. The van der Waals surface area contributed by atoms with Crippen LogP contribution in [0, 0.1) is 5.82 Å². The average molecular weight is 346 g/mol. The number of hydrogen-bond donors (Lipinski definition) is 1. The molecule has 1 N–H and O–H groups in total. The maximum absolute atomic E-state index is 13.7. The van der Waals surface area contributed by atoms with Gasteiger partial charge in [-0.2, -0.15) is 0 Å². The summed E-state index contributed by atoms with van der Waals surface area (Å²) >= 11 is 3.25. The third-order valence-electron chi connectivity index (χ3n) is 3.33. The molecule has 1 heterocycles. The second-order valence-corrected chi connectivity index (χ2v) is 5.63. The molecule has 1 aromatic carbocycles. The van der Waals surface area contributed by atoms with Crippen molar-refractivity contribution in [1.29, 1.82) is 0 Å². The average Bonchev–Trinajstić information content (AvgIpc) is 2.47. The van der Waals surface area contributed by atoms with E-state index < -0.39 is 5.82 Å². The number of piperidine rings is 1. The molecule has 0 atom stereocenters. The van der Waals surface area contributed by atoms with Gasteiger partial charge in [0.25, 0.3) is 5.91 Å². The first-order chi connectivity index (χ1) is 9.61. The predicted molar refractivity (Wildman–Crippen MR) is 76.1 cm³/mol. The highest BCUT2D eigenvalue weighted by atomic mass is 79.9. The Labute approximate surface area is 125 Å². The Balaban J connectivity index is 1.96. The van der Waals surface area contributed by atoms with Crippen LogP contribution in [0.1, 0.15) is 23.2 Å². The summed E-state index contributed by atoms with van der Waals surface area (Å²) in [5, 5.41) is 8.71. The lowest BCUT2D eigenvalue weighted by Gasteiger charge is -2.32. The molecule has 0 bridgehead atoms. The normalized spacial score (nSPS) is 16.4. The SMILES string of the molecule is O=C(c1cc(Br)ccc1F)N1CCC(OCCO)CC1. The summed E-state index contributed by atoms with van der Waals surface area (Å²) in [6.45, 7) is 1.41. The van der Waals surface area contributed by atoms with Crippen molar-refractivity contribution in [2.45, 2.75) is 18.9 Å². The monoisotopic (exact) mass is 345 g/mol. The number of carbonyl (C=O) groups excluding carboxylic acids is 1. The van der Waals surface area contributed by atoms with E-state index in [1.807, 2.05) is 0 Å². The van der Waals surface area contributed by atoms with Crippen LogP contribution in [0.2, 0.25) is 0 Å². The highest BCUT2D eigenvalue weighted by Gasteiger charge is 2.25. The Morgan fingerprint density at radius 2 is 2.15 bits per heavy atom. The molecule has 1 amide bonds. The summed E-state index contributed by atoms with van der Waals surface area (Å²) in [6, 6.07) is 4.36. The Bertz CT molecular complexity index is 475. The van der Waals surface area contributed by atoms with Crippen LogP contribution in [0.25, 0.3) is 0 Å². The Morgan fingerprint density at radius 3 is 2.80 bits per heavy atom. The van der Waals surface area contributed by atoms with Gasteiger partial charge in [-0.3, -0.25) is 4.79 Å². The van der Waals surface area contributed by atoms with Crippen LogP contribution in [0.5, 0.6) is 0 Å². The van der Waals surface area contributed by atoms with E-state index in [1.54, 1.807) is 11.0 Å². The summed E-state index contributed by atoms with van der Waals surface area (Å²) in [4.78, 5) is 13.9. The molecular formula is C14H17BrFNO3. The van der Waals surface area contributed by atoms with Gasteiger partial charge in [-0.15, -0.1) is 0 Å². The number of ether oxygens (including phenoxy) is 1. The number of carbonyl (C=O) groups is 1. The van der Waals surface area contributed by atoms with E-state index in [1.165, 1.54) is 12.1 Å². The molecule has 0 aromatic heterocycles. The van der Waals surface area contributed by atoms with Crippen molar-refractivity contribution in [3.63, 3.8) is 0 Å². The molecule has 0 unspecified atom stereocenters. The molecule has 1 aromatic rings. The minimum Gasteiger partial charge on any atom is -0.394 e. The first-order valence-corrected chi connectivity index (χ1v) is 7.38. The summed E-state index contributed by atoms with van der Waals surface area (Å²) in [7, 11) is 0. The first-order valence-electron chi connectivity index (χ1n) is 6.58. The molecule has 1 aliphatic rings. The zero-order valence-electron chi connectivity index (χ0n) is 11.0. The lowest BCUT2D eigenvalue weighted by atomic mass is 10.1. The minimum absolute atomic E-state index is 0.00238. The fourth-order valence-corrected chi connectivity index (χ4v) is 2.64. The molecule has 0 saturated carbocycles.